The Hall–Kier alpha value is -2.94. The fraction of sp³-hybridized carbons (Fsp3) is 0. The number of furan rings is 1. The monoisotopic (exact) mass is 237 g/mol. The highest BCUT2D eigenvalue weighted by Gasteiger charge is 2.08. The standard InChI is InChI=1S/C12H7N5O/c13-6-10-3-4-12(18-10)17-8-11(15-16-17)9-2-1-5-14-7-9/h1-5,7-8H. The molecule has 0 aromatic carbocycles. The maximum Gasteiger partial charge on any atom is 0.223 e. The van der Waals surface area contributed by atoms with E-state index in [-0.39, 0.29) is 5.76 Å². The molecule has 0 aliphatic heterocycles. The Kier molecular flexibility index (Phi) is 2.35. The summed E-state index contributed by atoms with van der Waals surface area (Å²) in [5, 5.41) is 16.7. The van der Waals surface area contributed by atoms with Gasteiger partial charge in [0.05, 0.1) is 6.20 Å². The van der Waals surface area contributed by atoms with E-state index in [4.69, 9.17) is 9.68 Å². The molecule has 3 aromatic rings. The summed E-state index contributed by atoms with van der Waals surface area (Å²) in [5.41, 5.74) is 1.56. The van der Waals surface area contributed by atoms with Crippen molar-refractivity contribution in [2.45, 2.75) is 0 Å². The van der Waals surface area contributed by atoms with E-state index in [0.717, 1.165) is 5.56 Å². The van der Waals surface area contributed by atoms with Crippen LogP contribution in [0.25, 0.3) is 17.1 Å². The van der Waals surface area contributed by atoms with Gasteiger partial charge in [0.1, 0.15) is 11.8 Å². The summed E-state index contributed by atoms with van der Waals surface area (Å²) < 4.78 is 6.73. The smallest absolute Gasteiger partial charge is 0.223 e. The molecule has 0 aliphatic rings. The second kappa shape index (κ2) is 4.14. The van der Waals surface area contributed by atoms with Crippen molar-refractivity contribution in [1.29, 1.82) is 5.26 Å². The molecule has 0 saturated carbocycles. The summed E-state index contributed by atoms with van der Waals surface area (Å²) in [4.78, 5) is 4.02. The maximum atomic E-state index is 8.68. The molecule has 0 spiro atoms. The number of hydrogen-bond acceptors (Lipinski definition) is 5. The highest BCUT2D eigenvalue weighted by atomic mass is 16.4. The minimum atomic E-state index is 0.239. The van der Waals surface area contributed by atoms with E-state index in [2.05, 4.69) is 15.3 Å². The van der Waals surface area contributed by atoms with Gasteiger partial charge in [0.2, 0.25) is 11.6 Å². The number of nitriles is 1. The lowest BCUT2D eigenvalue weighted by Gasteiger charge is -1.92. The van der Waals surface area contributed by atoms with Crippen LogP contribution < -0.4 is 0 Å². The second-order valence-corrected chi connectivity index (χ2v) is 3.54. The Balaban J connectivity index is 1.97. The molecule has 0 atom stereocenters. The van der Waals surface area contributed by atoms with Gasteiger partial charge in [-0.3, -0.25) is 4.98 Å². The number of nitrogens with zero attached hydrogens (tertiary/aromatic N) is 5. The van der Waals surface area contributed by atoms with E-state index in [0.29, 0.717) is 11.6 Å². The van der Waals surface area contributed by atoms with Crippen LogP contribution in [0.15, 0.2) is 47.3 Å². The van der Waals surface area contributed by atoms with Crippen molar-refractivity contribution in [2.75, 3.05) is 0 Å². The zero-order valence-electron chi connectivity index (χ0n) is 9.19. The van der Waals surface area contributed by atoms with Crippen LogP contribution >= 0.6 is 0 Å². The third kappa shape index (κ3) is 1.74. The number of aromatic nitrogens is 4. The summed E-state index contributed by atoms with van der Waals surface area (Å²) in [6, 6.07) is 8.89. The third-order valence-corrected chi connectivity index (χ3v) is 2.38. The minimum Gasteiger partial charge on any atom is -0.428 e. The molecule has 0 amide bonds. The first kappa shape index (κ1) is 10.2. The summed E-state index contributed by atoms with van der Waals surface area (Å²) >= 11 is 0. The van der Waals surface area contributed by atoms with Gasteiger partial charge in [0, 0.05) is 24.0 Å². The first-order valence-corrected chi connectivity index (χ1v) is 5.20. The second-order valence-electron chi connectivity index (χ2n) is 3.54. The van der Waals surface area contributed by atoms with E-state index in [1.54, 1.807) is 30.7 Å². The van der Waals surface area contributed by atoms with Crippen molar-refractivity contribution < 1.29 is 4.42 Å². The average molecular weight is 237 g/mol. The molecular weight excluding hydrogens is 230 g/mol. The van der Waals surface area contributed by atoms with Crippen molar-refractivity contribution in [3.63, 3.8) is 0 Å². The van der Waals surface area contributed by atoms with Gasteiger partial charge in [-0.25, -0.2) is 0 Å². The van der Waals surface area contributed by atoms with Crippen LogP contribution in [0.5, 0.6) is 0 Å². The van der Waals surface area contributed by atoms with Crippen LogP contribution in [-0.2, 0) is 0 Å². The largest absolute Gasteiger partial charge is 0.428 e. The van der Waals surface area contributed by atoms with Gasteiger partial charge in [-0.15, -0.1) is 5.10 Å². The Labute approximate surface area is 102 Å². The Bertz CT molecular complexity index is 707. The van der Waals surface area contributed by atoms with E-state index >= 15 is 0 Å². The van der Waals surface area contributed by atoms with Crippen LogP contribution in [0.4, 0.5) is 0 Å². The van der Waals surface area contributed by atoms with E-state index in [9.17, 15) is 0 Å². The predicted molar refractivity (Wildman–Crippen MR) is 61.6 cm³/mol. The molecule has 0 radical (unpaired) electrons. The topological polar surface area (TPSA) is 80.5 Å². The van der Waals surface area contributed by atoms with Gasteiger partial charge >= 0.3 is 0 Å². The zero-order chi connectivity index (χ0) is 12.4. The van der Waals surface area contributed by atoms with Gasteiger partial charge in [-0.1, -0.05) is 5.21 Å². The molecule has 0 fully saturated rings. The van der Waals surface area contributed by atoms with Crippen molar-refractivity contribution in [2.24, 2.45) is 0 Å². The normalized spacial score (nSPS) is 10.2. The summed E-state index contributed by atoms with van der Waals surface area (Å²) in [6.07, 6.45) is 5.12. The first-order chi connectivity index (χ1) is 8.86. The summed E-state index contributed by atoms with van der Waals surface area (Å²) in [6.45, 7) is 0. The number of hydrogen-bond donors (Lipinski definition) is 0. The SMILES string of the molecule is N#Cc1ccc(-n2cc(-c3cccnc3)nn2)o1. The van der Waals surface area contributed by atoms with Crippen molar-refractivity contribution in [1.82, 2.24) is 20.0 Å². The first-order valence-electron chi connectivity index (χ1n) is 5.20. The van der Waals surface area contributed by atoms with Crippen LogP contribution in [0.2, 0.25) is 0 Å². The van der Waals surface area contributed by atoms with Crippen LogP contribution in [-0.4, -0.2) is 20.0 Å². The van der Waals surface area contributed by atoms with Gasteiger partial charge < -0.3 is 4.42 Å². The lowest BCUT2D eigenvalue weighted by molar-refractivity contribution is 0.506. The lowest BCUT2D eigenvalue weighted by atomic mass is 10.2. The van der Waals surface area contributed by atoms with E-state index in [1.165, 1.54) is 4.68 Å². The molecule has 18 heavy (non-hydrogen) atoms. The third-order valence-electron chi connectivity index (χ3n) is 2.38. The molecule has 6 nitrogen and oxygen atoms in total. The number of pyridine rings is 1. The van der Waals surface area contributed by atoms with Gasteiger partial charge in [-0.2, -0.15) is 9.94 Å². The quantitative estimate of drug-likeness (QED) is 0.678. The Morgan fingerprint density at radius 3 is 2.94 bits per heavy atom. The molecule has 0 saturated heterocycles. The predicted octanol–water partition coefficient (Wildman–Crippen LogP) is 1.79. The highest BCUT2D eigenvalue weighted by molar-refractivity contribution is 5.56. The molecule has 86 valence electrons. The molecule has 3 heterocycles. The van der Waals surface area contributed by atoms with E-state index < -0.39 is 0 Å². The molecule has 0 aliphatic carbocycles. The Morgan fingerprint density at radius 2 is 2.22 bits per heavy atom. The van der Waals surface area contributed by atoms with Gasteiger partial charge in [0.15, 0.2) is 0 Å². The lowest BCUT2D eigenvalue weighted by Crippen LogP contribution is -1.91. The minimum absolute atomic E-state index is 0.239. The van der Waals surface area contributed by atoms with Gasteiger partial charge in [0.25, 0.3) is 0 Å². The highest BCUT2D eigenvalue weighted by Crippen LogP contribution is 2.17. The molecule has 6 heteroatoms. The molecular formula is C12H7N5O. The van der Waals surface area contributed by atoms with Crippen LogP contribution in [0.1, 0.15) is 5.76 Å². The Morgan fingerprint density at radius 1 is 1.28 bits per heavy atom. The fourth-order valence-corrected chi connectivity index (χ4v) is 1.53. The van der Waals surface area contributed by atoms with E-state index in [1.807, 2.05) is 18.2 Å². The van der Waals surface area contributed by atoms with Crippen LogP contribution in [0, 0.1) is 11.3 Å². The van der Waals surface area contributed by atoms with Crippen molar-refractivity contribution in [3.8, 4) is 23.2 Å². The van der Waals surface area contributed by atoms with Crippen molar-refractivity contribution >= 4 is 0 Å². The maximum absolute atomic E-state index is 8.68. The zero-order valence-corrected chi connectivity index (χ0v) is 9.19. The molecule has 3 rings (SSSR count). The average Bonchev–Trinajstić information content (AvgIpc) is 3.08. The van der Waals surface area contributed by atoms with Crippen molar-refractivity contribution in [3.05, 3.63) is 48.6 Å². The summed E-state index contributed by atoms with van der Waals surface area (Å²) in [7, 11) is 0. The van der Waals surface area contributed by atoms with Gasteiger partial charge in [-0.05, 0) is 18.2 Å². The number of rotatable bonds is 2. The molecule has 3 aromatic heterocycles. The summed E-state index contributed by atoms with van der Waals surface area (Å²) in [5.74, 6) is 0.692. The molecule has 0 N–H and O–H groups in total. The fourth-order valence-electron chi connectivity index (χ4n) is 1.53. The van der Waals surface area contributed by atoms with Crippen LogP contribution in [0.3, 0.4) is 0 Å². The molecule has 0 bridgehead atoms. The molecule has 0 unspecified atom stereocenters.